The first-order valence-electron chi connectivity index (χ1n) is 11.5. The van der Waals surface area contributed by atoms with Crippen LogP contribution in [0.3, 0.4) is 0 Å². The number of hydrogen-bond acceptors (Lipinski definition) is 6. The van der Waals surface area contributed by atoms with Crippen LogP contribution in [0.15, 0.2) is 0 Å². The minimum absolute atomic E-state index is 0.160. The van der Waals surface area contributed by atoms with Gasteiger partial charge in [-0.1, -0.05) is 0 Å². The molecule has 8 nitrogen and oxygen atoms in total. The van der Waals surface area contributed by atoms with Gasteiger partial charge in [0.15, 0.2) is 0 Å². The van der Waals surface area contributed by atoms with Crippen molar-refractivity contribution in [2.45, 2.75) is 62.7 Å². The summed E-state index contributed by atoms with van der Waals surface area (Å²) >= 11 is 0. The zero-order chi connectivity index (χ0) is 22.2. The highest BCUT2D eigenvalue weighted by Crippen LogP contribution is 2.57. The van der Waals surface area contributed by atoms with Crippen LogP contribution in [0.2, 0.25) is 0 Å². The number of imide groups is 2. The molecule has 9 heteroatoms. The molecule has 0 N–H and O–H groups in total. The Morgan fingerprint density at radius 2 is 1.03 bits per heavy atom. The molecule has 2 saturated heterocycles. The molecule has 0 aromatic rings. The van der Waals surface area contributed by atoms with Crippen molar-refractivity contribution in [1.29, 1.82) is 0 Å². The topological polar surface area (TPSA) is 109 Å². The van der Waals surface area contributed by atoms with Gasteiger partial charge in [0, 0.05) is 43.0 Å². The van der Waals surface area contributed by atoms with Crippen molar-refractivity contribution in [3.05, 3.63) is 0 Å². The molecule has 3 aliphatic carbocycles. The number of amides is 4. The third kappa shape index (κ3) is 3.02. The van der Waals surface area contributed by atoms with E-state index in [9.17, 15) is 27.6 Å². The molecule has 0 spiro atoms. The smallest absolute Gasteiger partial charge is 0.232 e. The van der Waals surface area contributed by atoms with Crippen LogP contribution in [0.5, 0.6) is 0 Å². The first-order chi connectivity index (χ1) is 14.6. The number of piperidine rings is 2. The predicted molar refractivity (Wildman–Crippen MR) is 110 cm³/mol. The van der Waals surface area contributed by atoms with Crippen molar-refractivity contribution in [1.82, 2.24) is 9.80 Å². The van der Waals surface area contributed by atoms with Gasteiger partial charge in [0.05, 0.1) is 5.25 Å². The Bertz CT molecular complexity index is 905. The molecule has 4 atom stereocenters. The van der Waals surface area contributed by atoms with Crippen LogP contribution >= 0.6 is 0 Å². The van der Waals surface area contributed by atoms with Gasteiger partial charge in [-0.05, 0) is 63.2 Å². The van der Waals surface area contributed by atoms with Gasteiger partial charge in [-0.2, -0.15) is 0 Å². The normalized spacial score (nSPS) is 43.2. The number of hydrogen-bond donors (Lipinski definition) is 0. The lowest BCUT2D eigenvalue weighted by Crippen LogP contribution is -2.67. The Hall–Kier alpha value is -1.77. The minimum atomic E-state index is -3.12. The van der Waals surface area contributed by atoms with Crippen LogP contribution in [0.1, 0.15) is 51.4 Å². The number of nitrogens with zero attached hydrogens (tertiary/aromatic N) is 2. The lowest BCUT2D eigenvalue weighted by atomic mass is 9.50. The molecule has 0 aromatic heterocycles. The minimum Gasteiger partial charge on any atom is -0.285 e. The van der Waals surface area contributed by atoms with Gasteiger partial charge in [-0.15, -0.1) is 0 Å². The maximum Gasteiger partial charge on any atom is 0.232 e. The molecule has 2 aliphatic heterocycles. The Kier molecular flexibility index (Phi) is 4.84. The Morgan fingerprint density at radius 3 is 1.42 bits per heavy atom. The molecule has 4 unspecified atom stereocenters. The Morgan fingerprint density at radius 1 is 0.645 bits per heavy atom. The molecule has 5 fully saturated rings. The predicted octanol–water partition coefficient (Wildman–Crippen LogP) is 0.994. The molecule has 0 bridgehead atoms. The van der Waals surface area contributed by atoms with Crippen LogP contribution in [0.4, 0.5) is 0 Å². The molecule has 5 rings (SSSR count). The highest BCUT2D eigenvalue weighted by Gasteiger charge is 2.63. The van der Waals surface area contributed by atoms with Crippen LogP contribution in [-0.2, 0) is 29.0 Å². The van der Waals surface area contributed by atoms with Crippen molar-refractivity contribution < 1.29 is 27.6 Å². The van der Waals surface area contributed by atoms with E-state index in [-0.39, 0.29) is 65.2 Å². The van der Waals surface area contributed by atoms with Crippen molar-refractivity contribution >= 4 is 33.5 Å². The Balaban J connectivity index is 1.42. The van der Waals surface area contributed by atoms with Crippen LogP contribution < -0.4 is 0 Å². The molecular formula is C22H30N2O6S. The summed E-state index contributed by atoms with van der Waals surface area (Å²) in [5, 5.41) is -0.395. The Labute approximate surface area is 182 Å². The number of carbonyl (C=O) groups is 4. The number of carbonyl (C=O) groups excluding carboxylic acids is 4. The first-order valence-corrected chi connectivity index (χ1v) is 13.4. The average Bonchev–Trinajstić information content (AvgIpc) is 2.74. The molecule has 0 radical (unpaired) electrons. The fourth-order valence-electron chi connectivity index (χ4n) is 7.44. The number of likely N-dealkylation sites (tertiary alicyclic amines) is 2. The highest BCUT2D eigenvalue weighted by atomic mass is 32.2. The third-order valence-corrected chi connectivity index (χ3v) is 10.6. The van der Waals surface area contributed by atoms with Crippen molar-refractivity contribution in [2.75, 3.05) is 13.3 Å². The summed E-state index contributed by atoms with van der Waals surface area (Å²) in [6.45, 7) is 0. The van der Waals surface area contributed by atoms with E-state index in [1.807, 2.05) is 0 Å². The molecule has 2 heterocycles. The van der Waals surface area contributed by atoms with E-state index in [1.54, 1.807) is 7.05 Å². The highest BCUT2D eigenvalue weighted by molar-refractivity contribution is 7.91. The van der Waals surface area contributed by atoms with Crippen molar-refractivity contribution in [3.8, 4) is 0 Å². The van der Waals surface area contributed by atoms with E-state index >= 15 is 0 Å². The zero-order valence-corrected chi connectivity index (χ0v) is 18.8. The lowest BCUT2D eigenvalue weighted by molar-refractivity contribution is -0.187. The van der Waals surface area contributed by atoms with Gasteiger partial charge in [0.1, 0.15) is 9.84 Å². The van der Waals surface area contributed by atoms with Crippen molar-refractivity contribution in [3.63, 3.8) is 0 Å². The molecule has 5 aliphatic rings. The summed E-state index contributed by atoms with van der Waals surface area (Å²) in [4.78, 5) is 55.3. The number of sulfone groups is 1. The molecule has 31 heavy (non-hydrogen) atoms. The summed E-state index contributed by atoms with van der Waals surface area (Å²) in [7, 11) is -1.57. The van der Waals surface area contributed by atoms with E-state index in [0.717, 1.165) is 0 Å². The van der Waals surface area contributed by atoms with Gasteiger partial charge in [0.2, 0.25) is 23.6 Å². The SMILES string of the molecule is CN1C(=O)C2CCC3C(=O)N(C4CCC(S(C)(=O)=O)CC4)C(=O)C4CCC(C1=O)C2C34. The van der Waals surface area contributed by atoms with Crippen LogP contribution in [-0.4, -0.2) is 66.4 Å². The molecular weight excluding hydrogens is 420 g/mol. The largest absolute Gasteiger partial charge is 0.285 e. The quantitative estimate of drug-likeness (QED) is 0.581. The molecule has 170 valence electrons. The van der Waals surface area contributed by atoms with E-state index in [4.69, 9.17) is 0 Å². The number of rotatable bonds is 2. The maximum absolute atomic E-state index is 13.5. The molecule has 4 amide bonds. The standard InChI is InChI=1S/C22H30N2O6S/c1-23-19(25)13-7-9-15-18-16(10-8-14(17(13)18)20(23)26)22(28)24(21(15)27)11-3-5-12(6-4-11)31(2,29)30/h11-18H,3-10H2,1-2H3. The second-order valence-electron chi connectivity index (χ2n) is 10.3. The van der Waals surface area contributed by atoms with Gasteiger partial charge in [-0.25, -0.2) is 8.42 Å². The molecule has 3 saturated carbocycles. The summed E-state index contributed by atoms with van der Waals surface area (Å²) in [5.74, 6) is -2.24. The fourth-order valence-corrected chi connectivity index (χ4v) is 8.57. The lowest BCUT2D eigenvalue weighted by Gasteiger charge is -2.57. The maximum atomic E-state index is 13.5. The van der Waals surface area contributed by atoms with Gasteiger partial charge in [0.25, 0.3) is 0 Å². The van der Waals surface area contributed by atoms with Crippen molar-refractivity contribution in [2.24, 2.45) is 35.5 Å². The first kappa shape index (κ1) is 21.1. The summed E-state index contributed by atoms with van der Waals surface area (Å²) in [6, 6.07) is -0.241. The summed E-state index contributed by atoms with van der Waals surface area (Å²) in [6.07, 6.45) is 5.56. The zero-order valence-electron chi connectivity index (χ0n) is 18.0. The van der Waals surface area contributed by atoms with E-state index in [2.05, 4.69) is 0 Å². The monoisotopic (exact) mass is 450 g/mol. The van der Waals surface area contributed by atoms with E-state index in [1.165, 1.54) is 16.1 Å². The summed E-state index contributed by atoms with van der Waals surface area (Å²) in [5.41, 5.74) is 0. The molecule has 0 aromatic carbocycles. The van der Waals surface area contributed by atoms with E-state index < -0.39 is 15.1 Å². The second-order valence-corrected chi connectivity index (χ2v) is 12.6. The fraction of sp³-hybridized carbons (Fsp3) is 0.818. The second kappa shape index (κ2) is 7.12. The third-order valence-electron chi connectivity index (χ3n) is 8.90. The van der Waals surface area contributed by atoms with Gasteiger partial charge in [-0.3, -0.25) is 29.0 Å². The van der Waals surface area contributed by atoms with Crippen LogP contribution in [0, 0.1) is 35.5 Å². The average molecular weight is 451 g/mol. The summed E-state index contributed by atoms with van der Waals surface area (Å²) < 4.78 is 23.8. The van der Waals surface area contributed by atoms with Gasteiger partial charge < -0.3 is 0 Å². The van der Waals surface area contributed by atoms with Crippen LogP contribution in [0.25, 0.3) is 0 Å². The van der Waals surface area contributed by atoms with Gasteiger partial charge >= 0.3 is 0 Å². The van der Waals surface area contributed by atoms with E-state index in [0.29, 0.717) is 51.4 Å².